The average Bonchev–Trinajstić information content (AvgIpc) is 2.69. The van der Waals surface area contributed by atoms with E-state index in [4.69, 9.17) is 0 Å². The number of para-hydroxylation sites is 2. The van der Waals surface area contributed by atoms with Crippen molar-refractivity contribution in [3.05, 3.63) is 90.5 Å². The SMILES string of the molecule is Cc1ccc(N(CC(=O)Nc2ccccc2)CC(=O)Nc2ccccc2)cc1. The molecular weight excluding hydrogens is 350 g/mol. The molecule has 0 aliphatic rings. The predicted molar refractivity (Wildman–Crippen MR) is 114 cm³/mol. The van der Waals surface area contributed by atoms with Crippen molar-refractivity contribution in [3.63, 3.8) is 0 Å². The molecule has 142 valence electrons. The third-order valence-electron chi connectivity index (χ3n) is 4.18. The second kappa shape index (κ2) is 9.37. The molecule has 0 bridgehead atoms. The minimum atomic E-state index is -0.181. The van der Waals surface area contributed by atoms with E-state index >= 15 is 0 Å². The van der Waals surface area contributed by atoms with Gasteiger partial charge in [0.25, 0.3) is 0 Å². The van der Waals surface area contributed by atoms with E-state index < -0.39 is 0 Å². The van der Waals surface area contributed by atoms with Crippen LogP contribution < -0.4 is 15.5 Å². The van der Waals surface area contributed by atoms with E-state index in [1.165, 1.54) is 0 Å². The molecule has 28 heavy (non-hydrogen) atoms. The fourth-order valence-corrected chi connectivity index (χ4v) is 2.78. The highest BCUT2D eigenvalue weighted by Crippen LogP contribution is 2.16. The summed E-state index contributed by atoms with van der Waals surface area (Å²) in [6, 6.07) is 26.3. The number of hydrogen-bond donors (Lipinski definition) is 2. The van der Waals surface area contributed by atoms with Gasteiger partial charge in [0.15, 0.2) is 0 Å². The summed E-state index contributed by atoms with van der Waals surface area (Å²) < 4.78 is 0. The Bertz CT molecular complexity index is 854. The summed E-state index contributed by atoms with van der Waals surface area (Å²) in [5.41, 5.74) is 3.39. The van der Waals surface area contributed by atoms with Crippen molar-refractivity contribution in [2.24, 2.45) is 0 Å². The summed E-state index contributed by atoms with van der Waals surface area (Å²) in [6.45, 7) is 2.14. The summed E-state index contributed by atoms with van der Waals surface area (Å²) in [5, 5.41) is 5.73. The molecule has 5 nitrogen and oxygen atoms in total. The summed E-state index contributed by atoms with van der Waals surface area (Å²) in [5.74, 6) is -0.362. The van der Waals surface area contributed by atoms with Crippen LogP contribution in [0.1, 0.15) is 5.56 Å². The zero-order valence-electron chi connectivity index (χ0n) is 15.8. The maximum atomic E-state index is 12.5. The Morgan fingerprint density at radius 2 is 1.11 bits per heavy atom. The van der Waals surface area contributed by atoms with Crippen LogP contribution >= 0.6 is 0 Å². The van der Waals surface area contributed by atoms with Gasteiger partial charge in [-0.15, -0.1) is 0 Å². The number of amides is 2. The van der Waals surface area contributed by atoms with Crippen molar-refractivity contribution in [2.75, 3.05) is 28.6 Å². The largest absolute Gasteiger partial charge is 0.353 e. The van der Waals surface area contributed by atoms with Crippen molar-refractivity contribution in [3.8, 4) is 0 Å². The van der Waals surface area contributed by atoms with Gasteiger partial charge in [-0.2, -0.15) is 0 Å². The van der Waals surface area contributed by atoms with Gasteiger partial charge in [0.1, 0.15) is 0 Å². The number of carbonyl (C=O) groups is 2. The number of hydrogen-bond acceptors (Lipinski definition) is 3. The number of benzene rings is 3. The van der Waals surface area contributed by atoms with Gasteiger partial charge in [0.2, 0.25) is 11.8 Å². The van der Waals surface area contributed by atoms with Crippen molar-refractivity contribution >= 4 is 28.9 Å². The van der Waals surface area contributed by atoms with Crippen LogP contribution in [0.3, 0.4) is 0 Å². The lowest BCUT2D eigenvalue weighted by Gasteiger charge is -2.24. The van der Waals surface area contributed by atoms with Crippen molar-refractivity contribution in [2.45, 2.75) is 6.92 Å². The van der Waals surface area contributed by atoms with Gasteiger partial charge in [0, 0.05) is 17.1 Å². The van der Waals surface area contributed by atoms with E-state index in [0.717, 1.165) is 22.6 Å². The molecule has 0 radical (unpaired) electrons. The maximum absolute atomic E-state index is 12.5. The van der Waals surface area contributed by atoms with Gasteiger partial charge in [-0.1, -0.05) is 54.1 Å². The van der Waals surface area contributed by atoms with E-state index in [2.05, 4.69) is 10.6 Å². The summed E-state index contributed by atoms with van der Waals surface area (Å²) in [7, 11) is 0. The topological polar surface area (TPSA) is 61.4 Å². The lowest BCUT2D eigenvalue weighted by atomic mass is 10.2. The molecule has 0 unspecified atom stereocenters. The first-order valence-electron chi connectivity index (χ1n) is 9.11. The third kappa shape index (κ3) is 5.71. The summed E-state index contributed by atoms with van der Waals surface area (Å²) in [4.78, 5) is 26.8. The fourth-order valence-electron chi connectivity index (χ4n) is 2.78. The number of nitrogens with one attached hydrogen (secondary N) is 2. The van der Waals surface area contributed by atoms with Gasteiger partial charge in [0.05, 0.1) is 13.1 Å². The van der Waals surface area contributed by atoms with Crippen molar-refractivity contribution < 1.29 is 9.59 Å². The van der Waals surface area contributed by atoms with Crippen LogP contribution in [0.15, 0.2) is 84.9 Å². The van der Waals surface area contributed by atoms with E-state index in [-0.39, 0.29) is 24.9 Å². The molecule has 0 saturated heterocycles. The van der Waals surface area contributed by atoms with Gasteiger partial charge in [-0.25, -0.2) is 0 Å². The highest BCUT2D eigenvalue weighted by atomic mass is 16.2. The lowest BCUT2D eigenvalue weighted by Crippen LogP contribution is -2.39. The fraction of sp³-hybridized carbons (Fsp3) is 0.130. The first kappa shape index (κ1) is 19.2. The van der Waals surface area contributed by atoms with E-state index in [9.17, 15) is 9.59 Å². The molecule has 5 heteroatoms. The molecule has 3 aromatic rings. The van der Waals surface area contributed by atoms with Gasteiger partial charge < -0.3 is 15.5 Å². The molecule has 0 aliphatic heterocycles. The first-order valence-corrected chi connectivity index (χ1v) is 9.11. The van der Waals surface area contributed by atoms with Crippen LogP contribution in [0.25, 0.3) is 0 Å². The van der Waals surface area contributed by atoms with Crippen LogP contribution in [0.2, 0.25) is 0 Å². The minimum Gasteiger partial charge on any atom is -0.353 e. The van der Waals surface area contributed by atoms with E-state index in [1.807, 2.05) is 91.9 Å². The van der Waals surface area contributed by atoms with Gasteiger partial charge in [-0.05, 0) is 43.3 Å². The smallest absolute Gasteiger partial charge is 0.243 e. The molecule has 2 amide bonds. The average molecular weight is 373 g/mol. The molecule has 0 heterocycles. The zero-order chi connectivity index (χ0) is 19.8. The number of anilines is 3. The number of aryl methyl sites for hydroxylation is 1. The highest BCUT2D eigenvalue weighted by molar-refractivity contribution is 5.97. The maximum Gasteiger partial charge on any atom is 0.243 e. The summed E-state index contributed by atoms with van der Waals surface area (Å²) >= 11 is 0. The van der Waals surface area contributed by atoms with Crippen LogP contribution in [-0.2, 0) is 9.59 Å². The molecule has 0 aliphatic carbocycles. The van der Waals surface area contributed by atoms with Crippen LogP contribution in [0.4, 0.5) is 17.1 Å². The minimum absolute atomic E-state index is 0.0696. The quantitative estimate of drug-likeness (QED) is 0.656. The summed E-state index contributed by atoms with van der Waals surface area (Å²) in [6.07, 6.45) is 0. The number of nitrogens with zero attached hydrogens (tertiary/aromatic N) is 1. The molecule has 0 spiro atoms. The molecular formula is C23H23N3O2. The Kier molecular flexibility index (Phi) is 6.41. The number of rotatable bonds is 7. The standard InChI is InChI=1S/C23H23N3O2/c1-18-12-14-21(15-13-18)26(16-22(27)24-19-8-4-2-5-9-19)17-23(28)25-20-10-6-3-7-11-20/h2-15H,16-17H2,1H3,(H,24,27)(H,25,28). The molecule has 2 N–H and O–H groups in total. The third-order valence-corrected chi connectivity index (χ3v) is 4.18. The van der Waals surface area contributed by atoms with E-state index in [0.29, 0.717) is 0 Å². The molecule has 0 aromatic heterocycles. The van der Waals surface area contributed by atoms with Crippen LogP contribution in [0, 0.1) is 6.92 Å². The van der Waals surface area contributed by atoms with E-state index in [1.54, 1.807) is 4.90 Å². The van der Waals surface area contributed by atoms with Gasteiger partial charge in [-0.3, -0.25) is 9.59 Å². The van der Waals surface area contributed by atoms with Crippen molar-refractivity contribution in [1.82, 2.24) is 0 Å². The lowest BCUT2D eigenvalue weighted by molar-refractivity contribution is -0.115. The Morgan fingerprint density at radius 1 is 0.679 bits per heavy atom. The molecule has 0 saturated carbocycles. The predicted octanol–water partition coefficient (Wildman–Crippen LogP) is 4.08. The van der Waals surface area contributed by atoms with Crippen molar-refractivity contribution in [1.29, 1.82) is 0 Å². The number of carbonyl (C=O) groups excluding carboxylic acids is 2. The Morgan fingerprint density at radius 3 is 1.54 bits per heavy atom. The molecule has 3 rings (SSSR count). The van der Waals surface area contributed by atoms with Crippen LogP contribution in [-0.4, -0.2) is 24.9 Å². The second-order valence-corrected chi connectivity index (χ2v) is 6.52. The normalized spacial score (nSPS) is 10.2. The van der Waals surface area contributed by atoms with Crippen LogP contribution in [0.5, 0.6) is 0 Å². The molecule has 0 atom stereocenters. The monoisotopic (exact) mass is 373 g/mol. The second-order valence-electron chi connectivity index (χ2n) is 6.52. The molecule has 3 aromatic carbocycles. The Labute approximate surface area is 165 Å². The first-order chi connectivity index (χ1) is 13.6. The highest BCUT2D eigenvalue weighted by Gasteiger charge is 2.16. The Balaban J connectivity index is 1.70. The van der Waals surface area contributed by atoms with Gasteiger partial charge >= 0.3 is 0 Å². The Hall–Kier alpha value is -3.60. The molecule has 0 fully saturated rings. The zero-order valence-corrected chi connectivity index (χ0v) is 15.8.